The van der Waals surface area contributed by atoms with Crippen molar-refractivity contribution in [1.82, 2.24) is 9.47 Å². The summed E-state index contributed by atoms with van der Waals surface area (Å²) in [5.41, 5.74) is 8.66. The van der Waals surface area contributed by atoms with Crippen molar-refractivity contribution < 1.29 is 14.6 Å². The standard InChI is InChI=1S/C43H42Cl2N2O3/c1-25(2)29-11-13-35-33(19-29)34-21-43(49-24-28-6-4-8-32(45)18-28)37-20-30-12-14-36(48)40-38(30)42(43,15-16-46(37)22-26-9-10-26)41(50-40)39(34)47(35)23-27-5-3-7-31(44)17-27/h3-8,11-14,17-19,25-26,37,41,48H,9-10,15-16,20-24H2,1-2H3/t37-,41-,42-,43+/m0/s1. The summed E-state index contributed by atoms with van der Waals surface area (Å²) in [6.45, 7) is 7.76. The van der Waals surface area contributed by atoms with E-state index in [0.29, 0.717) is 24.8 Å². The minimum Gasteiger partial charge on any atom is -0.504 e. The molecule has 4 aromatic carbocycles. The Morgan fingerprint density at radius 1 is 0.960 bits per heavy atom. The van der Waals surface area contributed by atoms with E-state index in [1.54, 1.807) is 0 Å². The average molecular weight is 706 g/mol. The summed E-state index contributed by atoms with van der Waals surface area (Å²) >= 11 is 13.1. The lowest BCUT2D eigenvalue weighted by atomic mass is 9.48. The van der Waals surface area contributed by atoms with Gasteiger partial charge in [0.2, 0.25) is 0 Å². The number of nitrogens with zero attached hydrogens (tertiary/aromatic N) is 2. The molecule has 1 saturated carbocycles. The third-order valence-corrected chi connectivity index (χ3v) is 13.2. The fourth-order valence-corrected chi connectivity index (χ4v) is 10.7. The molecule has 2 fully saturated rings. The molecular formula is C43H42Cl2N2O3. The first kappa shape index (κ1) is 31.3. The Bertz CT molecular complexity index is 2190. The molecule has 1 spiro atoms. The third-order valence-electron chi connectivity index (χ3n) is 12.7. The lowest BCUT2D eigenvalue weighted by molar-refractivity contribution is -0.211. The van der Waals surface area contributed by atoms with Crippen LogP contribution in [-0.4, -0.2) is 39.3 Å². The Kier molecular flexibility index (Phi) is 7.04. The highest BCUT2D eigenvalue weighted by Crippen LogP contribution is 2.70. The van der Waals surface area contributed by atoms with Crippen molar-refractivity contribution in [3.8, 4) is 11.5 Å². The quantitative estimate of drug-likeness (QED) is 0.175. The summed E-state index contributed by atoms with van der Waals surface area (Å²) in [4.78, 5) is 2.77. The van der Waals surface area contributed by atoms with E-state index in [2.05, 4.69) is 65.8 Å². The molecule has 0 unspecified atom stereocenters. The van der Waals surface area contributed by atoms with Crippen molar-refractivity contribution in [1.29, 1.82) is 0 Å². The van der Waals surface area contributed by atoms with Crippen molar-refractivity contribution >= 4 is 34.1 Å². The molecule has 3 aliphatic carbocycles. The predicted molar refractivity (Wildman–Crippen MR) is 199 cm³/mol. The van der Waals surface area contributed by atoms with Crippen LogP contribution in [0.1, 0.15) is 84.2 Å². The van der Waals surface area contributed by atoms with E-state index < -0.39 is 11.0 Å². The number of aromatic nitrogens is 1. The number of fused-ring (bicyclic) bond motifs is 4. The highest BCUT2D eigenvalue weighted by Gasteiger charge is 2.74. The molecule has 0 radical (unpaired) electrons. The molecule has 2 aliphatic heterocycles. The Morgan fingerprint density at radius 3 is 2.50 bits per heavy atom. The molecule has 4 atom stereocenters. The zero-order valence-electron chi connectivity index (χ0n) is 28.6. The van der Waals surface area contributed by atoms with Gasteiger partial charge in [0.25, 0.3) is 0 Å². The van der Waals surface area contributed by atoms with Gasteiger partial charge in [-0.05, 0) is 114 Å². The summed E-state index contributed by atoms with van der Waals surface area (Å²) < 4.78 is 17.4. The third kappa shape index (κ3) is 4.46. The SMILES string of the molecule is CC(C)c1ccc2c(c1)c1c(n2Cc2cccc(Cl)c2)[C@@H]2Oc3c(O)ccc4c3[C@@]23CCN(CC2CC2)[C@@H](C4)[C@]3(OCc2cccc(Cl)c2)C1. The second-order valence-electron chi connectivity index (χ2n) is 15.8. The summed E-state index contributed by atoms with van der Waals surface area (Å²) in [7, 11) is 0. The van der Waals surface area contributed by atoms with Crippen LogP contribution in [0.4, 0.5) is 0 Å². The summed E-state index contributed by atoms with van der Waals surface area (Å²) in [5.74, 6) is 2.02. The van der Waals surface area contributed by atoms with Gasteiger partial charge < -0.3 is 19.1 Å². The number of halogens is 2. The number of benzene rings is 4. The molecule has 5 nitrogen and oxygen atoms in total. The number of rotatable bonds is 8. The van der Waals surface area contributed by atoms with Crippen molar-refractivity contribution in [2.45, 2.75) is 88.2 Å². The first-order valence-electron chi connectivity index (χ1n) is 18.3. The van der Waals surface area contributed by atoms with E-state index in [0.717, 1.165) is 59.4 Å². The molecule has 5 aromatic rings. The van der Waals surface area contributed by atoms with Crippen molar-refractivity contribution in [3.63, 3.8) is 0 Å². The maximum Gasteiger partial charge on any atom is 0.166 e. The number of hydrogen-bond acceptors (Lipinski definition) is 4. The Balaban J connectivity index is 1.25. The minimum absolute atomic E-state index is 0.165. The molecule has 10 rings (SSSR count). The van der Waals surface area contributed by atoms with E-state index in [1.807, 2.05) is 36.4 Å². The fraction of sp³-hybridized carbons (Fsp3) is 0.395. The van der Waals surface area contributed by atoms with Gasteiger partial charge in [0.1, 0.15) is 5.60 Å². The number of phenols is 1. The van der Waals surface area contributed by atoms with Gasteiger partial charge in [0, 0.05) is 52.1 Å². The van der Waals surface area contributed by atoms with E-state index in [1.165, 1.54) is 51.7 Å². The number of phenolic OH excluding ortho intramolecular Hbond substituents is 1. The molecule has 5 aliphatic rings. The maximum absolute atomic E-state index is 11.5. The van der Waals surface area contributed by atoms with Gasteiger partial charge in [0.15, 0.2) is 17.6 Å². The summed E-state index contributed by atoms with van der Waals surface area (Å²) in [5, 5.41) is 14.2. The second kappa shape index (κ2) is 11.3. The van der Waals surface area contributed by atoms with Crippen LogP contribution in [0.25, 0.3) is 10.9 Å². The summed E-state index contributed by atoms with van der Waals surface area (Å²) in [6, 6.07) is 27.5. The van der Waals surface area contributed by atoms with Gasteiger partial charge in [-0.3, -0.25) is 4.90 Å². The van der Waals surface area contributed by atoms with E-state index in [9.17, 15) is 5.11 Å². The normalized spacial score (nSPS) is 26.3. The Labute approximate surface area is 303 Å². The van der Waals surface area contributed by atoms with Crippen LogP contribution in [-0.2, 0) is 36.1 Å². The molecule has 50 heavy (non-hydrogen) atoms. The first-order chi connectivity index (χ1) is 24.3. The average Bonchev–Trinajstić information content (AvgIpc) is 3.78. The largest absolute Gasteiger partial charge is 0.504 e. The Morgan fingerprint density at radius 2 is 1.74 bits per heavy atom. The highest BCUT2D eigenvalue weighted by molar-refractivity contribution is 6.30. The van der Waals surface area contributed by atoms with E-state index >= 15 is 0 Å². The highest BCUT2D eigenvalue weighted by atomic mass is 35.5. The molecule has 3 heterocycles. The number of piperidine rings is 1. The van der Waals surface area contributed by atoms with Gasteiger partial charge in [-0.2, -0.15) is 0 Å². The molecule has 7 heteroatoms. The van der Waals surface area contributed by atoms with Crippen LogP contribution >= 0.6 is 23.2 Å². The maximum atomic E-state index is 11.5. The van der Waals surface area contributed by atoms with Crippen LogP contribution < -0.4 is 4.74 Å². The fourth-order valence-electron chi connectivity index (χ4n) is 10.3. The molecule has 1 aromatic heterocycles. The molecule has 256 valence electrons. The van der Waals surface area contributed by atoms with E-state index in [-0.39, 0.29) is 17.9 Å². The topological polar surface area (TPSA) is 46.9 Å². The van der Waals surface area contributed by atoms with Gasteiger partial charge in [-0.15, -0.1) is 0 Å². The second-order valence-corrected chi connectivity index (χ2v) is 16.7. The van der Waals surface area contributed by atoms with Crippen LogP contribution in [0.3, 0.4) is 0 Å². The first-order valence-corrected chi connectivity index (χ1v) is 19.0. The predicted octanol–water partition coefficient (Wildman–Crippen LogP) is 9.75. The smallest absolute Gasteiger partial charge is 0.166 e. The van der Waals surface area contributed by atoms with Crippen LogP contribution in [0, 0.1) is 5.92 Å². The van der Waals surface area contributed by atoms with E-state index in [4.69, 9.17) is 32.7 Å². The zero-order valence-corrected chi connectivity index (χ0v) is 30.1. The molecule has 1 N–H and O–H groups in total. The number of aromatic hydroxyl groups is 1. The van der Waals surface area contributed by atoms with Gasteiger partial charge >= 0.3 is 0 Å². The van der Waals surface area contributed by atoms with Crippen molar-refractivity contribution in [3.05, 3.63) is 128 Å². The number of ether oxygens (including phenoxy) is 2. The Hall–Kier alpha value is -3.48. The monoisotopic (exact) mass is 704 g/mol. The molecule has 0 amide bonds. The lowest BCUT2D eigenvalue weighted by Gasteiger charge is -2.64. The molecular weight excluding hydrogens is 663 g/mol. The zero-order chi connectivity index (χ0) is 33.9. The van der Waals surface area contributed by atoms with Gasteiger partial charge in [0.05, 0.1) is 17.7 Å². The van der Waals surface area contributed by atoms with Crippen LogP contribution in [0.15, 0.2) is 78.9 Å². The van der Waals surface area contributed by atoms with Crippen molar-refractivity contribution in [2.75, 3.05) is 13.1 Å². The van der Waals surface area contributed by atoms with Gasteiger partial charge in [-0.1, -0.05) is 73.4 Å². The van der Waals surface area contributed by atoms with Gasteiger partial charge in [-0.25, -0.2) is 0 Å². The van der Waals surface area contributed by atoms with Crippen LogP contribution in [0.5, 0.6) is 11.5 Å². The number of likely N-dealkylation sites (tertiary alicyclic amines) is 1. The number of hydrogen-bond donors (Lipinski definition) is 1. The molecule has 1 saturated heterocycles. The van der Waals surface area contributed by atoms with Crippen LogP contribution in [0.2, 0.25) is 10.0 Å². The van der Waals surface area contributed by atoms with Crippen molar-refractivity contribution in [2.24, 2.45) is 5.92 Å². The summed E-state index contributed by atoms with van der Waals surface area (Å²) in [6.07, 6.45) is 4.83. The molecule has 2 bridgehead atoms. The lowest BCUT2D eigenvalue weighted by Crippen LogP contribution is -2.75. The minimum atomic E-state index is -0.588.